The quantitative estimate of drug-likeness (QED) is 0.758. The number of hydrogen-bond donors (Lipinski definition) is 3. The summed E-state index contributed by atoms with van der Waals surface area (Å²) in [6.07, 6.45) is 3.02. The van der Waals surface area contributed by atoms with Gasteiger partial charge < -0.3 is 16.8 Å². The van der Waals surface area contributed by atoms with Crippen LogP contribution in [0, 0.1) is 5.92 Å². The number of aryl methyl sites for hydroxylation is 2. The fourth-order valence-corrected chi connectivity index (χ4v) is 2.46. The van der Waals surface area contributed by atoms with Crippen LogP contribution in [0.15, 0.2) is 6.07 Å². The van der Waals surface area contributed by atoms with Gasteiger partial charge in [-0.05, 0) is 43.7 Å². The van der Waals surface area contributed by atoms with Crippen LogP contribution in [0.5, 0.6) is 0 Å². The van der Waals surface area contributed by atoms with E-state index in [-0.39, 0.29) is 5.54 Å². The summed E-state index contributed by atoms with van der Waals surface area (Å²) < 4.78 is 0. The number of nitrogens with two attached hydrogens (primary N) is 2. The highest BCUT2D eigenvalue weighted by Crippen LogP contribution is 2.28. The molecule has 1 aromatic heterocycles. The van der Waals surface area contributed by atoms with Gasteiger partial charge in [-0.25, -0.2) is 4.98 Å². The maximum atomic E-state index is 11.7. The zero-order chi connectivity index (χ0) is 14.9. The molecule has 0 fully saturated rings. The molecule has 1 unspecified atom stereocenters. The highest BCUT2D eigenvalue weighted by molar-refractivity contribution is 5.98. The largest absolute Gasteiger partial charge is 0.365 e. The van der Waals surface area contributed by atoms with Crippen molar-refractivity contribution in [2.24, 2.45) is 17.4 Å². The van der Waals surface area contributed by atoms with Gasteiger partial charge in [-0.1, -0.05) is 13.8 Å². The minimum atomic E-state index is -0.446. The number of pyridine rings is 1. The molecule has 1 heterocycles. The molecule has 0 radical (unpaired) electrons. The Bertz CT molecular complexity index is 527. The topological polar surface area (TPSA) is 94.0 Å². The molecule has 0 bridgehead atoms. The molecule has 1 aromatic rings. The Morgan fingerprint density at radius 3 is 2.75 bits per heavy atom. The van der Waals surface area contributed by atoms with Crippen molar-refractivity contribution in [3.63, 3.8) is 0 Å². The van der Waals surface area contributed by atoms with Gasteiger partial charge in [0.2, 0.25) is 0 Å². The van der Waals surface area contributed by atoms with Gasteiger partial charge in [0.15, 0.2) is 0 Å². The van der Waals surface area contributed by atoms with Crippen LogP contribution in [-0.2, 0) is 12.8 Å². The second kappa shape index (κ2) is 5.40. The molecule has 20 heavy (non-hydrogen) atoms. The molecule has 1 amide bonds. The van der Waals surface area contributed by atoms with E-state index in [1.165, 1.54) is 0 Å². The minimum Gasteiger partial charge on any atom is -0.365 e. The van der Waals surface area contributed by atoms with E-state index in [0.29, 0.717) is 23.8 Å². The third-order valence-electron chi connectivity index (χ3n) is 4.42. The average Bonchev–Trinajstić information content (AvgIpc) is 2.84. The van der Waals surface area contributed by atoms with Crippen LogP contribution in [-0.4, -0.2) is 23.0 Å². The van der Waals surface area contributed by atoms with E-state index in [4.69, 9.17) is 11.5 Å². The number of amides is 1. The molecule has 2 rings (SSSR count). The van der Waals surface area contributed by atoms with E-state index in [0.717, 1.165) is 30.5 Å². The van der Waals surface area contributed by atoms with Crippen LogP contribution in [0.4, 0.5) is 5.82 Å². The highest BCUT2D eigenvalue weighted by atomic mass is 16.1. The van der Waals surface area contributed by atoms with Gasteiger partial charge in [-0.2, -0.15) is 0 Å². The van der Waals surface area contributed by atoms with Gasteiger partial charge in [-0.15, -0.1) is 0 Å². The molecule has 1 atom stereocenters. The van der Waals surface area contributed by atoms with Crippen LogP contribution in [0.2, 0.25) is 0 Å². The normalized spacial score (nSPS) is 16.9. The molecule has 110 valence electrons. The fourth-order valence-electron chi connectivity index (χ4n) is 2.46. The van der Waals surface area contributed by atoms with Crippen molar-refractivity contribution in [1.82, 2.24) is 4.98 Å². The molecule has 5 nitrogen and oxygen atoms in total. The predicted molar refractivity (Wildman–Crippen MR) is 80.7 cm³/mol. The van der Waals surface area contributed by atoms with Gasteiger partial charge in [0.05, 0.1) is 11.1 Å². The van der Waals surface area contributed by atoms with Crippen molar-refractivity contribution >= 4 is 11.7 Å². The lowest BCUT2D eigenvalue weighted by atomic mass is 9.88. The van der Waals surface area contributed by atoms with Crippen LogP contribution in [0.25, 0.3) is 0 Å². The maximum absolute atomic E-state index is 11.7. The molecule has 0 spiro atoms. The second-order valence-electron chi connectivity index (χ2n) is 6.11. The predicted octanol–water partition coefficient (Wildman–Crippen LogP) is 1.45. The summed E-state index contributed by atoms with van der Waals surface area (Å²) in [6, 6.07) is 1.89. The number of anilines is 1. The molecule has 5 heteroatoms. The summed E-state index contributed by atoms with van der Waals surface area (Å²) in [7, 11) is 0. The molecular formula is C15H24N4O. The molecule has 5 N–H and O–H groups in total. The second-order valence-corrected chi connectivity index (χ2v) is 6.11. The third kappa shape index (κ3) is 2.63. The Hall–Kier alpha value is -1.62. The number of rotatable bonds is 5. The first-order valence-electron chi connectivity index (χ1n) is 7.18. The average molecular weight is 276 g/mol. The number of nitrogens with one attached hydrogen (secondary N) is 1. The van der Waals surface area contributed by atoms with Crippen molar-refractivity contribution in [2.45, 2.75) is 45.6 Å². The Balaban J connectivity index is 2.42. The molecule has 1 aliphatic carbocycles. The molecule has 1 aliphatic rings. The van der Waals surface area contributed by atoms with Gasteiger partial charge in [0.1, 0.15) is 5.82 Å². The van der Waals surface area contributed by atoms with Gasteiger partial charge in [-0.3, -0.25) is 4.79 Å². The lowest BCUT2D eigenvalue weighted by molar-refractivity contribution is 0.100. The van der Waals surface area contributed by atoms with Crippen molar-refractivity contribution < 1.29 is 4.79 Å². The Morgan fingerprint density at radius 2 is 2.20 bits per heavy atom. The lowest BCUT2D eigenvalue weighted by Crippen LogP contribution is -2.47. The monoisotopic (exact) mass is 276 g/mol. The summed E-state index contributed by atoms with van der Waals surface area (Å²) in [4.78, 5) is 16.3. The van der Waals surface area contributed by atoms with E-state index in [2.05, 4.69) is 24.1 Å². The Kier molecular flexibility index (Phi) is 3.99. The molecule has 0 aromatic carbocycles. The number of primary amides is 1. The van der Waals surface area contributed by atoms with Crippen LogP contribution in [0.3, 0.4) is 0 Å². The van der Waals surface area contributed by atoms with E-state index in [9.17, 15) is 4.79 Å². The highest BCUT2D eigenvalue weighted by Gasteiger charge is 2.29. The molecule has 0 saturated heterocycles. The number of fused-ring (bicyclic) bond motifs is 1. The fraction of sp³-hybridized carbons (Fsp3) is 0.600. The number of carbonyl (C=O) groups excluding carboxylic acids is 1. The lowest BCUT2D eigenvalue weighted by Gasteiger charge is -2.34. The SMILES string of the molecule is CC(C)C(C)(CN)Nc1nc2c(cc1C(N)=O)CCC2. The van der Waals surface area contributed by atoms with Crippen LogP contribution in [0.1, 0.15) is 48.8 Å². The van der Waals surface area contributed by atoms with Crippen LogP contribution >= 0.6 is 0 Å². The number of nitrogens with zero attached hydrogens (tertiary/aromatic N) is 1. The van der Waals surface area contributed by atoms with Crippen molar-refractivity contribution in [3.05, 3.63) is 22.9 Å². The van der Waals surface area contributed by atoms with E-state index >= 15 is 0 Å². The van der Waals surface area contributed by atoms with Gasteiger partial charge in [0.25, 0.3) is 5.91 Å². The number of hydrogen-bond acceptors (Lipinski definition) is 4. The van der Waals surface area contributed by atoms with E-state index in [1.807, 2.05) is 13.0 Å². The molecule has 0 aliphatic heterocycles. The number of aromatic nitrogens is 1. The molecular weight excluding hydrogens is 252 g/mol. The summed E-state index contributed by atoms with van der Waals surface area (Å²) in [5, 5.41) is 3.35. The maximum Gasteiger partial charge on any atom is 0.252 e. The van der Waals surface area contributed by atoms with Gasteiger partial charge >= 0.3 is 0 Å². The summed E-state index contributed by atoms with van der Waals surface area (Å²) in [5.74, 6) is 0.431. The van der Waals surface area contributed by atoms with Crippen LogP contribution < -0.4 is 16.8 Å². The summed E-state index contributed by atoms with van der Waals surface area (Å²) in [6.45, 7) is 6.69. The Morgan fingerprint density at radius 1 is 1.50 bits per heavy atom. The smallest absolute Gasteiger partial charge is 0.252 e. The van der Waals surface area contributed by atoms with Crippen molar-refractivity contribution in [2.75, 3.05) is 11.9 Å². The van der Waals surface area contributed by atoms with E-state index < -0.39 is 5.91 Å². The first-order valence-corrected chi connectivity index (χ1v) is 7.18. The standard InChI is InChI=1S/C15H24N4O/c1-9(2)15(3,8-16)19-14-11(13(17)20)7-10-5-4-6-12(10)18-14/h7,9H,4-6,8,16H2,1-3H3,(H2,17,20)(H,18,19). The Labute approximate surface area is 120 Å². The zero-order valence-corrected chi connectivity index (χ0v) is 12.5. The first kappa shape index (κ1) is 14.8. The molecule has 0 saturated carbocycles. The minimum absolute atomic E-state index is 0.309. The van der Waals surface area contributed by atoms with Gasteiger partial charge in [0, 0.05) is 12.2 Å². The zero-order valence-electron chi connectivity index (χ0n) is 12.5. The number of carbonyl (C=O) groups is 1. The summed E-state index contributed by atoms with van der Waals surface area (Å²) >= 11 is 0. The first-order chi connectivity index (χ1) is 9.37. The van der Waals surface area contributed by atoms with E-state index in [1.54, 1.807) is 0 Å². The third-order valence-corrected chi connectivity index (χ3v) is 4.42. The van der Waals surface area contributed by atoms with Crippen molar-refractivity contribution in [1.29, 1.82) is 0 Å². The summed E-state index contributed by atoms with van der Waals surface area (Å²) in [5.41, 5.74) is 13.7. The van der Waals surface area contributed by atoms with Crippen molar-refractivity contribution in [3.8, 4) is 0 Å².